The number of aromatic hydroxyl groups is 1. The quantitative estimate of drug-likeness (QED) is 0.440. The van der Waals surface area contributed by atoms with Crippen LogP contribution in [0, 0.1) is 11.8 Å². The van der Waals surface area contributed by atoms with Crippen LogP contribution in [0.5, 0.6) is 11.5 Å². The van der Waals surface area contributed by atoms with Crippen molar-refractivity contribution in [3.05, 3.63) is 23.8 Å². The number of hydrazone groups is 1. The predicted molar refractivity (Wildman–Crippen MR) is 86.1 cm³/mol. The lowest BCUT2D eigenvalue weighted by molar-refractivity contribution is -0.122. The number of benzene rings is 1. The maximum Gasteiger partial charge on any atom is 0.243 e. The highest BCUT2D eigenvalue weighted by Gasteiger charge is 2.42. The molecular weight excluding hydrogens is 280 g/mol. The van der Waals surface area contributed by atoms with E-state index >= 15 is 0 Å². The number of rotatable bonds is 8. The first-order valence-electron chi connectivity index (χ1n) is 7.85. The molecule has 1 saturated carbocycles. The highest BCUT2D eigenvalue weighted by Crippen LogP contribution is 2.42. The lowest BCUT2D eigenvalue weighted by Gasteiger charge is -2.03. The highest BCUT2D eigenvalue weighted by molar-refractivity contribution is 5.86. The second kappa shape index (κ2) is 7.82. The van der Waals surface area contributed by atoms with Crippen LogP contribution >= 0.6 is 0 Å². The minimum Gasteiger partial charge on any atom is -0.507 e. The molecule has 2 atom stereocenters. The van der Waals surface area contributed by atoms with Gasteiger partial charge in [0.2, 0.25) is 5.91 Å². The summed E-state index contributed by atoms with van der Waals surface area (Å²) in [4.78, 5) is 11.9. The molecule has 0 aliphatic heterocycles. The average Bonchev–Trinajstić information content (AvgIpc) is 3.29. The zero-order valence-electron chi connectivity index (χ0n) is 13.2. The summed E-state index contributed by atoms with van der Waals surface area (Å²) in [6, 6.07) is 4.86. The predicted octanol–water partition coefficient (Wildman–Crippen LogP) is 3.07. The number of hydrogen-bond donors (Lipinski definition) is 2. The number of carbonyl (C=O) groups excluding carboxylic acids is 1. The van der Waals surface area contributed by atoms with Crippen molar-refractivity contribution >= 4 is 12.1 Å². The molecule has 0 spiro atoms. The van der Waals surface area contributed by atoms with E-state index in [9.17, 15) is 9.90 Å². The summed E-state index contributed by atoms with van der Waals surface area (Å²) in [5, 5.41) is 13.7. The second-order valence-electron chi connectivity index (χ2n) is 5.76. The van der Waals surface area contributed by atoms with Crippen molar-refractivity contribution in [3.8, 4) is 11.5 Å². The van der Waals surface area contributed by atoms with Gasteiger partial charge in [0.25, 0.3) is 0 Å². The molecule has 1 fully saturated rings. The summed E-state index contributed by atoms with van der Waals surface area (Å²) in [6.07, 6.45) is 7.17. The van der Waals surface area contributed by atoms with Gasteiger partial charge in [0.15, 0.2) is 0 Å². The second-order valence-corrected chi connectivity index (χ2v) is 5.76. The van der Waals surface area contributed by atoms with Crippen LogP contribution < -0.4 is 10.2 Å². The van der Waals surface area contributed by atoms with Crippen LogP contribution in [0.2, 0.25) is 0 Å². The number of ether oxygens (including phenoxy) is 1. The summed E-state index contributed by atoms with van der Waals surface area (Å²) < 4.78 is 5.09. The van der Waals surface area contributed by atoms with Crippen LogP contribution in [0.15, 0.2) is 23.3 Å². The molecule has 0 bridgehead atoms. The van der Waals surface area contributed by atoms with Crippen LogP contribution in [0.25, 0.3) is 0 Å². The molecule has 0 saturated heterocycles. The Labute approximate surface area is 131 Å². The molecule has 120 valence electrons. The number of hydrogen-bond acceptors (Lipinski definition) is 4. The summed E-state index contributed by atoms with van der Waals surface area (Å²) in [5.41, 5.74) is 3.07. The van der Waals surface area contributed by atoms with Crippen molar-refractivity contribution in [1.82, 2.24) is 5.43 Å². The van der Waals surface area contributed by atoms with Gasteiger partial charge in [0.05, 0.1) is 13.3 Å². The average molecular weight is 304 g/mol. The molecule has 1 aliphatic carbocycles. The van der Waals surface area contributed by atoms with Crippen molar-refractivity contribution in [2.75, 3.05) is 7.11 Å². The number of carbonyl (C=O) groups is 1. The fourth-order valence-electron chi connectivity index (χ4n) is 2.56. The van der Waals surface area contributed by atoms with Crippen molar-refractivity contribution in [3.63, 3.8) is 0 Å². The molecule has 2 unspecified atom stereocenters. The SMILES string of the molecule is CCCCCC1CC1C(=O)N/N=C/c1cc(OC)ccc1O. The minimum atomic E-state index is -0.0277. The number of amides is 1. The Morgan fingerprint density at radius 2 is 2.32 bits per heavy atom. The van der Waals surface area contributed by atoms with E-state index < -0.39 is 0 Å². The fraction of sp³-hybridized carbons (Fsp3) is 0.529. The maximum atomic E-state index is 11.9. The Hall–Kier alpha value is -2.04. The van der Waals surface area contributed by atoms with Crippen molar-refractivity contribution in [2.45, 2.75) is 39.0 Å². The molecule has 2 N–H and O–H groups in total. The number of nitrogens with zero attached hydrogens (tertiary/aromatic N) is 1. The van der Waals surface area contributed by atoms with Gasteiger partial charge in [0.1, 0.15) is 11.5 Å². The first-order valence-corrected chi connectivity index (χ1v) is 7.85. The van der Waals surface area contributed by atoms with E-state index in [4.69, 9.17) is 4.74 Å². The molecule has 5 nitrogen and oxygen atoms in total. The molecule has 5 heteroatoms. The van der Waals surface area contributed by atoms with Crippen LogP contribution in [0.3, 0.4) is 0 Å². The highest BCUT2D eigenvalue weighted by atomic mass is 16.5. The molecule has 1 aliphatic rings. The van der Waals surface area contributed by atoms with Crippen LogP contribution in [0.4, 0.5) is 0 Å². The van der Waals surface area contributed by atoms with Gasteiger partial charge >= 0.3 is 0 Å². The van der Waals surface area contributed by atoms with Crippen molar-refractivity contribution in [2.24, 2.45) is 16.9 Å². The number of phenols is 1. The number of nitrogens with one attached hydrogen (secondary N) is 1. The van der Waals surface area contributed by atoms with E-state index in [1.165, 1.54) is 31.5 Å². The zero-order valence-corrected chi connectivity index (χ0v) is 13.2. The smallest absolute Gasteiger partial charge is 0.243 e. The topological polar surface area (TPSA) is 70.9 Å². The van der Waals surface area contributed by atoms with Crippen molar-refractivity contribution in [1.29, 1.82) is 0 Å². The summed E-state index contributed by atoms with van der Waals surface area (Å²) in [6.45, 7) is 2.18. The molecule has 1 amide bonds. The molecule has 0 aromatic heterocycles. The fourth-order valence-corrected chi connectivity index (χ4v) is 2.56. The Morgan fingerprint density at radius 3 is 3.05 bits per heavy atom. The van der Waals surface area contributed by atoms with Gasteiger partial charge in [0, 0.05) is 11.5 Å². The lowest BCUT2D eigenvalue weighted by atomic mass is 10.1. The van der Waals surface area contributed by atoms with E-state index in [2.05, 4.69) is 17.5 Å². The van der Waals surface area contributed by atoms with E-state index in [0.29, 0.717) is 17.2 Å². The lowest BCUT2D eigenvalue weighted by Crippen LogP contribution is -2.20. The van der Waals surface area contributed by atoms with Crippen LogP contribution in [-0.2, 0) is 4.79 Å². The largest absolute Gasteiger partial charge is 0.507 e. The Bertz CT molecular complexity index is 543. The third-order valence-electron chi connectivity index (χ3n) is 4.05. The molecule has 0 heterocycles. The van der Waals surface area contributed by atoms with Gasteiger partial charge < -0.3 is 9.84 Å². The van der Waals surface area contributed by atoms with E-state index in [-0.39, 0.29) is 17.6 Å². The van der Waals surface area contributed by atoms with Crippen LogP contribution in [0.1, 0.15) is 44.6 Å². The normalized spacial score (nSPS) is 20.1. The molecule has 0 radical (unpaired) electrons. The molecular formula is C17H24N2O3. The monoisotopic (exact) mass is 304 g/mol. The first kappa shape index (κ1) is 16.3. The van der Waals surface area contributed by atoms with Gasteiger partial charge in [-0.25, -0.2) is 5.43 Å². The van der Waals surface area contributed by atoms with Crippen molar-refractivity contribution < 1.29 is 14.6 Å². The zero-order chi connectivity index (χ0) is 15.9. The molecule has 1 aromatic carbocycles. The Morgan fingerprint density at radius 1 is 1.50 bits per heavy atom. The van der Waals surface area contributed by atoms with E-state index in [1.54, 1.807) is 19.2 Å². The van der Waals surface area contributed by atoms with Crippen LogP contribution in [-0.4, -0.2) is 24.3 Å². The van der Waals surface area contributed by atoms with E-state index in [1.807, 2.05) is 0 Å². The Kier molecular flexibility index (Phi) is 5.81. The first-order chi connectivity index (χ1) is 10.7. The molecule has 2 rings (SSSR count). The Balaban J connectivity index is 1.79. The summed E-state index contributed by atoms with van der Waals surface area (Å²) in [5.74, 6) is 1.33. The van der Waals surface area contributed by atoms with Gasteiger partial charge in [-0.05, 0) is 37.0 Å². The van der Waals surface area contributed by atoms with Gasteiger partial charge in [-0.15, -0.1) is 0 Å². The number of phenolic OH excluding ortho intramolecular Hbond substituents is 1. The maximum absolute atomic E-state index is 11.9. The molecule has 1 aromatic rings. The summed E-state index contributed by atoms with van der Waals surface area (Å²) >= 11 is 0. The van der Waals surface area contributed by atoms with E-state index in [0.717, 1.165) is 12.8 Å². The minimum absolute atomic E-state index is 0.0277. The van der Waals surface area contributed by atoms with Gasteiger partial charge in [-0.1, -0.05) is 26.2 Å². The number of unbranched alkanes of at least 4 members (excludes halogenated alkanes) is 2. The third kappa shape index (κ3) is 4.48. The van der Waals surface area contributed by atoms with Gasteiger partial charge in [-0.3, -0.25) is 4.79 Å². The van der Waals surface area contributed by atoms with Gasteiger partial charge in [-0.2, -0.15) is 5.10 Å². The standard InChI is InChI=1S/C17H24N2O3/c1-3-4-5-6-12-10-15(12)17(21)19-18-11-13-9-14(22-2)7-8-16(13)20/h7-9,11-12,15,20H,3-6,10H2,1-2H3,(H,19,21)/b18-11+. The summed E-state index contributed by atoms with van der Waals surface area (Å²) in [7, 11) is 1.56. The number of methoxy groups -OCH3 is 1. The third-order valence-corrected chi connectivity index (χ3v) is 4.05. The molecule has 22 heavy (non-hydrogen) atoms.